The lowest BCUT2D eigenvalue weighted by atomic mass is 9.83. The molecule has 11 heteroatoms. The zero-order valence-electron chi connectivity index (χ0n) is 20.7. The molecule has 4 heterocycles. The molecule has 2 aromatic heterocycles. The van der Waals surface area contributed by atoms with Crippen LogP contribution in [0.5, 0.6) is 0 Å². The Kier molecular flexibility index (Phi) is 10.1. The van der Waals surface area contributed by atoms with E-state index in [-0.39, 0.29) is 24.3 Å². The van der Waals surface area contributed by atoms with Gasteiger partial charge in [-0.1, -0.05) is 18.2 Å². The van der Waals surface area contributed by atoms with Crippen LogP contribution in [0, 0.1) is 11.7 Å². The molecule has 1 aromatic carbocycles. The first-order chi connectivity index (χ1) is 17.9. The highest BCUT2D eigenvalue weighted by Crippen LogP contribution is 2.35. The summed E-state index contributed by atoms with van der Waals surface area (Å²) >= 11 is 0. The minimum atomic E-state index is -0.250. The normalized spacial score (nSPS) is 18.0. The van der Waals surface area contributed by atoms with Crippen LogP contribution in [0.1, 0.15) is 34.7 Å². The van der Waals surface area contributed by atoms with Crippen LogP contribution >= 0.6 is 0 Å². The number of fused-ring (bicyclic) bond motifs is 4. The Bertz CT molecular complexity index is 1210. The van der Waals surface area contributed by atoms with Gasteiger partial charge in [0.25, 0.3) is 18.5 Å². The van der Waals surface area contributed by atoms with Crippen LogP contribution < -0.4 is 5.56 Å². The summed E-state index contributed by atoms with van der Waals surface area (Å²) in [6.45, 7) is 4.33. The molecule has 0 saturated carbocycles. The number of rotatable bonds is 6. The smallest absolute Gasteiger partial charge is 0.290 e. The van der Waals surface area contributed by atoms with E-state index in [1.165, 1.54) is 11.6 Å². The summed E-state index contributed by atoms with van der Waals surface area (Å²) in [6, 6.07) is 10.8. The molecule has 0 aliphatic carbocycles. The maximum Gasteiger partial charge on any atom is 0.290 e. The number of halogens is 1. The number of nitrogens with zero attached hydrogens (tertiary/aromatic N) is 4. The summed E-state index contributed by atoms with van der Waals surface area (Å²) in [4.78, 5) is 34.5. The van der Waals surface area contributed by atoms with Gasteiger partial charge in [-0.25, -0.2) is 4.39 Å². The van der Waals surface area contributed by atoms with Crippen molar-refractivity contribution in [3.8, 4) is 0 Å². The molecule has 1 saturated heterocycles. The van der Waals surface area contributed by atoms with Gasteiger partial charge in [0.2, 0.25) is 0 Å². The predicted molar refractivity (Wildman–Crippen MR) is 134 cm³/mol. The van der Waals surface area contributed by atoms with Crippen molar-refractivity contribution in [1.82, 2.24) is 24.6 Å². The maximum atomic E-state index is 13.5. The van der Waals surface area contributed by atoms with Crippen LogP contribution in [0.2, 0.25) is 0 Å². The predicted octanol–water partition coefficient (Wildman–Crippen LogP) is 2.36. The van der Waals surface area contributed by atoms with Crippen molar-refractivity contribution in [3.63, 3.8) is 0 Å². The van der Waals surface area contributed by atoms with Crippen molar-refractivity contribution in [3.05, 3.63) is 87.3 Å². The molecule has 2 atom stereocenters. The van der Waals surface area contributed by atoms with Crippen LogP contribution in [-0.2, 0) is 35.8 Å². The monoisotopic (exact) mass is 513 g/mol. The van der Waals surface area contributed by atoms with Crippen molar-refractivity contribution in [2.45, 2.75) is 38.5 Å². The Balaban J connectivity index is 0.000000580. The molecule has 2 bridgehead atoms. The van der Waals surface area contributed by atoms with Gasteiger partial charge in [-0.2, -0.15) is 5.10 Å². The summed E-state index contributed by atoms with van der Waals surface area (Å²) < 4.78 is 15.5. The van der Waals surface area contributed by atoms with Gasteiger partial charge in [0.15, 0.2) is 0 Å². The van der Waals surface area contributed by atoms with Gasteiger partial charge in [-0.05, 0) is 43.1 Å². The highest BCUT2D eigenvalue weighted by atomic mass is 19.1. The minimum absolute atomic E-state index is 0.126. The number of aromatic nitrogens is 3. The third kappa shape index (κ3) is 7.58. The Morgan fingerprint density at radius 3 is 2.54 bits per heavy atom. The number of carbonyl (C=O) groups is 2. The molecule has 37 heavy (non-hydrogen) atoms. The molecular weight excluding hydrogens is 481 g/mol. The summed E-state index contributed by atoms with van der Waals surface area (Å²) in [5, 5.41) is 20.7. The van der Waals surface area contributed by atoms with Gasteiger partial charge in [0, 0.05) is 68.2 Å². The van der Waals surface area contributed by atoms with Crippen LogP contribution in [0.25, 0.3) is 0 Å². The fourth-order valence-electron chi connectivity index (χ4n) is 5.26. The average molecular weight is 514 g/mol. The van der Waals surface area contributed by atoms with Gasteiger partial charge in [-0.15, -0.1) is 0 Å². The maximum absolute atomic E-state index is 13.5. The van der Waals surface area contributed by atoms with E-state index in [0.717, 1.165) is 49.4 Å². The first-order valence-corrected chi connectivity index (χ1v) is 11.9. The zero-order valence-corrected chi connectivity index (χ0v) is 20.7. The Hall–Kier alpha value is -3.83. The standard InChI is InChI=1S/C24H28FN5O.2CH2O2/c1-28(11-17-3-2-4-22(25)8-17)15-20-5-6-23-21-7-18(14-30(23)24(20)31)12-29(16-21)13-19-9-26-27-10-19;2*2-1-3/h2-6,8-10,18,21H,7,11-16H2,1H3,(H,26,27);2*1H,(H,2,3)/t18-,21+;;/m0../s1. The highest BCUT2D eigenvalue weighted by molar-refractivity contribution is 5.33. The molecule has 198 valence electrons. The molecule has 0 radical (unpaired) electrons. The van der Waals surface area contributed by atoms with E-state index < -0.39 is 0 Å². The molecule has 2 aliphatic rings. The Morgan fingerprint density at radius 2 is 1.86 bits per heavy atom. The third-order valence-corrected chi connectivity index (χ3v) is 6.50. The first-order valence-electron chi connectivity index (χ1n) is 11.9. The second kappa shape index (κ2) is 13.5. The fraction of sp³-hybridized carbons (Fsp3) is 0.385. The number of H-pyrrole nitrogens is 1. The van der Waals surface area contributed by atoms with E-state index in [2.05, 4.69) is 26.1 Å². The van der Waals surface area contributed by atoms with Crippen molar-refractivity contribution in [2.75, 3.05) is 20.1 Å². The van der Waals surface area contributed by atoms with Crippen LogP contribution in [0.3, 0.4) is 0 Å². The lowest BCUT2D eigenvalue weighted by Gasteiger charge is -2.43. The summed E-state index contributed by atoms with van der Waals surface area (Å²) in [5.41, 5.74) is 4.20. The number of likely N-dealkylation sites (tertiary alicyclic amines) is 1. The quantitative estimate of drug-likeness (QED) is 0.428. The first kappa shape index (κ1) is 27.8. The van der Waals surface area contributed by atoms with E-state index in [0.29, 0.717) is 24.9 Å². The topological polar surface area (TPSA) is 132 Å². The molecule has 0 unspecified atom stereocenters. The number of aromatic amines is 1. The molecule has 0 amide bonds. The molecule has 1 fully saturated rings. The number of carboxylic acid groups (broad SMARTS) is 2. The number of piperidine rings is 1. The number of benzene rings is 1. The summed E-state index contributed by atoms with van der Waals surface area (Å²) in [5.74, 6) is 0.662. The largest absolute Gasteiger partial charge is 0.483 e. The average Bonchev–Trinajstić information content (AvgIpc) is 3.35. The van der Waals surface area contributed by atoms with E-state index in [1.54, 1.807) is 12.1 Å². The SMILES string of the molecule is CN(Cc1cccc(F)c1)Cc1ccc2n(c1=O)C[C@H]1C[C@@H]2CN(Cc2cn[nH]c2)C1.O=CO.O=CO. The van der Waals surface area contributed by atoms with Gasteiger partial charge in [0.05, 0.1) is 6.20 Å². The van der Waals surface area contributed by atoms with Crippen molar-refractivity contribution in [2.24, 2.45) is 5.92 Å². The lowest BCUT2D eigenvalue weighted by molar-refractivity contribution is -0.123. The van der Waals surface area contributed by atoms with E-state index in [9.17, 15) is 9.18 Å². The minimum Gasteiger partial charge on any atom is -0.483 e. The second-order valence-electron chi connectivity index (χ2n) is 9.31. The van der Waals surface area contributed by atoms with Gasteiger partial charge >= 0.3 is 0 Å². The Labute approximate surface area is 214 Å². The van der Waals surface area contributed by atoms with E-state index in [1.807, 2.05) is 36.1 Å². The number of pyridine rings is 1. The summed E-state index contributed by atoms with van der Waals surface area (Å²) in [7, 11) is 1.97. The van der Waals surface area contributed by atoms with Gasteiger partial charge in [-0.3, -0.25) is 29.3 Å². The van der Waals surface area contributed by atoms with E-state index in [4.69, 9.17) is 19.8 Å². The molecule has 3 aromatic rings. The molecule has 0 spiro atoms. The van der Waals surface area contributed by atoms with Crippen molar-refractivity contribution in [1.29, 1.82) is 0 Å². The van der Waals surface area contributed by atoms with E-state index >= 15 is 0 Å². The molecular formula is C26H32FN5O5. The second-order valence-corrected chi connectivity index (χ2v) is 9.31. The lowest BCUT2D eigenvalue weighted by Crippen LogP contribution is -2.47. The third-order valence-electron chi connectivity index (χ3n) is 6.50. The molecule has 5 rings (SSSR count). The highest BCUT2D eigenvalue weighted by Gasteiger charge is 2.35. The van der Waals surface area contributed by atoms with Crippen LogP contribution in [-0.4, -0.2) is 67.9 Å². The van der Waals surface area contributed by atoms with Crippen LogP contribution in [0.4, 0.5) is 4.39 Å². The number of hydrogen-bond donors (Lipinski definition) is 3. The Morgan fingerprint density at radius 1 is 1.11 bits per heavy atom. The molecule has 10 nitrogen and oxygen atoms in total. The number of hydrogen-bond acceptors (Lipinski definition) is 6. The van der Waals surface area contributed by atoms with Crippen molar-refractivity contribution >= 4 is 12.9 Å². The molecule has 3 N–H and O–H groups in total. The fourth-order valence-corrected chi connectivity index (χ4v) is 5.26. The van der Waals surface area contributed by atoms with Crippen LogP contribution in [0.15, 0.2) is 53.6 Å². The summed E-state index contributed by atoms with van der Waals surface area (Å²) in [6.07, 6.45) is 4.99. The van der Waals surface area contributed by atoms with Crippen molar-refractivity contribution < 1.29 is 24.2 Å². The number of nitrogens with one attached hydrogen (secondary N) is 1. The zero-order chi connectivity index (χ0) is 26.8. The van der Waals surface area contributed by atoms with Gasteiger partial charge in [0.1, 0.15) is 5.82 Å². The molecule has 2 aliphatic heterocycles. The van der Waals surface area contributed by atoms with Gasteiger partial charge < -0.3 is 14.8 Å².